The number of hydrogen-bond donors (Lipinski definition) is 0. The molecule has 2 aromatic heterocycles. The van der Waals surface area contributed by atoms with Crippen molar-refractivity contribution in [3.05, 3.63) is 55.1 Å². The third kappa shape index (κ3) is 1.31. The van der Waals surface area contributed by atoms with Crippen LogP contribution in [0.15, 0.2) is 53.4 Å². The van der Waals surface area contributed by atoms with Crippen molar-refractivity contribution in [1.29, 1.82) is 0 Å². The molecule has 0 aliphatic heterocycles. The third-order valence-electron chi connectivity index (χ3n) is 2.38. The van der Waals surface area contributed by atoms with Gasteiger partial charge in [0.2, 0.25) is 0 Å². The van der Waals surface area contributed by atoms with Crippen LogP contribution < -0.4 is 0 Å². The Kier molecular flexibility index (Phi) is 1.78. The van der Waals surface area contributed by atoms with Crippen molar-refractivity contribution in [3.8, 4) is 11.1 Å². The van der Waals surface area contributed by atoms with Crippen molar-refractivity contribution < 1.29 is 4.42 Å². The highest BCUT2D eigenvalue weighted by Gasteiger charge is 2.05. The molecule has 15 heavy (non-hydrogen) atoms. The van der Waals surface area contributed by atoms with Gasteiger partial charge in [0.1, 0.15) is 5.58 Å². The molecule has 0 aliphatic rings. The van der Waals surface area contributed by atoms with Gasteiger partial charge < -0.3 is 4.42 Å². The van der Waals surface area contributed by atoms with Crippen LogP contribution in [0.25, 0.3) is 22.1 Å². The summed E-state index contributed by atoms with van der Waals surface area (Å²) in [7, 11) is 0. The van der Waals surface area contributed by atoms with Gasteiger partial charge in [-0.2, -0.15) is 0 Å². The quantitative estimate of drug-likeness (QED) is 0.594. The van der Waals surface area contributed by atoms with Crippen molar-refractivity contribution in [2.75, 3.05) is 0 Å². The Balaban J connectivity index is 2.31. The van der Waals surface area contributed by atoms with Crippen LogP contribution in [0.2, 0.25) is 0 Å². The first-order valence-corrected chi connectivity index (χ1v) is 4.73. The molecule has 3 rings (SSSR count). The van der Waals surface area contributed by atoms with Gasteiger partial charge >= 0.3 is 0 Å². The lowest BCUT2D eigenvalue weighted by molar-refractivity contribution is 0.616. The second-order valence-electron chi connectivity index (χ2n) is 3.30. The third-order valence-corrected chi connectivity index (χ3v) is 2.38. The second-order valence-corrected chi connectivity index (χ2v) is 3.30. The molecule has 2 heterocycles. The fraction of sp³-hybridized carbons (Fsp3) is 0. The van der Waals surface area contributed by atoms with Gasteiger partial charge in [-0.05, 0) is 6.07 Å². The summed E-state index contributed by atoms with van der Waals surface area (Å²) in [5.41, 5.74) is 2.99. The first-order chi connectivity index (χ1) is 7.45. The molecule has 0 atom stereocenters. The topological polar surface area (TPSA) is 26.0 Å². The zero-order valence-electron chi connectivity index (χ0n) is 7.97. The monoisotopic (exact) mass is 194 g/mol. The van der Waals surface area contributed by atoms with Crippen molar-refractivity contribution in [3.63, 3.8) is 0 Å². The molecule has 0 spiro atoms. The molecular weight excluding hydrogens is 186 g/mol. The van der Waals surface area contributed by atoms with E-state index in [1.165, 1.54) is 0 Å². The molecule has 71 valence electrons. The molecule has 0 aliphatic carbocycles. The number of pyridine rings is 1. The van der Waals surface area contributed by atoms with Gasteiger partial charge in [0.25, 0.3) is 0 Å². The highest BCUT2D eigenvalue weighted by atomic mass is 16.3. The zero-order chi connectivity index (χ0) is 10.1. The lowest BCUT2D eigenvalue weighted by Gasteiger charge is -2.00. The minimum atomic E-state index is 0.866. The average molecular weight is 194 g/mol. The Hall–Kier alpha value is -2.09. The predicted octanol–water partition coefficient (Wildman–Crippen LogP) is 3.29. The maximum Gasteiger partial charge on any atom is 0.142 e. The molecule has 0 N–H and O–H groups in total. The van der Waals surface area contributed by atoms with E-state index in [9.17, 15) is 0 Å². The zero-order valence-corrected chi connectivity index (χ0v) is 7.97. The fourth-order valence-electron chi connectivity index (χ4n) is 1.68. The normalized spacial score (nSPS) is 10.7. The first kappa shape index (κ1) is 8.24. The van der Waals surface area contributed by atoms with E-state index in [0.29, 0.717) is 0 Å². The standard InChI is InChI=1S/C13H8NO/c1-3-10-6-8-15-13(10)12(5-1)11-4-2-7-14-9-11/h1-5,7-9H. The van der Waals surface area contributed by atoms with Crippen LogP contribution in [0.4, 0.5) is 0 Å². The van der Waals surface area contributed by atoms with E-state index in [1.54, 1.807) is 12.5 Å². The Morgan fingerprint density at radius 2 is 2.13 bits per heavy atom. The van der Waals surface area contributed by atoms with Crippen LogP contribution in [-0.4, -0.2) is 4.98 Å². The highest BCUT2D eigenvalue weighted by Crippen LogP contribution is 2.28. The number of fused-ring (bicyclic) bond motifs is 1. The fourth-order valence-corrected chi connectivity index (χ4v) is 1.68. The molecule has 2 heteroatoms. The lowest BCUT2D eigenvalue weighted by atomic mass is 10.1. The summed E-state index contributed by atoms with van der Waals surface area (Å²) in [5, 5.41) is 0.997. The molecule has 1 radical (unpaired) electrons. The van der Waals surface area contributed by atoms with Gasteiger partial charge in [-0.1, -0.05) is 24.3 Å². The van der Waals surface area contributed by atoms with Gasteiger partial charge in [0, 0.05) is 35.0 Å². The molecule has 0 saturated carbocycles. The van der Waals surface area contributed by atoms with Crippen molar-refractivity contribution in [2.45, 2.75) is 0 Å². The van der Waals surface area contributed by atoms with E-state index in [1.807, 2.05) is 36.5 Å². The van der Waals surface area contributed by atoms with Gasteiger partial charge in [-0.3, -0.25) is 4.98 Å². The molecule has 0 fully saturated rings. The smallest absolute Gasteiger partial charge is 0.142 e. The van der Waals surface area contributed by atoms with Crippen LogP contribution >= 0.6 is 0 Å². The number of hydrogen-bond acceptors (Lipinski definition) is 2. The molecule has 0 amide bonds. The van der Waals surface area contributed by atoms with Crippen LogP contribution in [0.5, 0.6) is 0 Å². The SMILES string of the molecule is [c]1coc2c(-c3cccnc3)cccc12. The molecule has 0 saturated heterocycles. The molecular formula is C13H8NO. The Bertz CT molecular complexity index is 584. The minimum Gasteiger partial charge on any atom is -0.463 e. The second kappa shape index (κ2) is 3.24. The number of nitrogens with zero attached hydrogens (tertiary/aromatic N) is 1. The van der Waals surface area contributed by atoms with E-state index < -0.39 is 0 Å². The Morgan fingerprint density at radius 3 is 3.00 bits per heavy atom. The van der Waals surface area contributed by atoms with Crippen molar-refractivity contribution in [2.24, 2.45) is 0 Å². The Morgan fingerprint density at radius 1 is 1.13 bits per heavy atom. The molecule has 2 nitrogen and oxygen atoms in total. The number of benzene rings is 1. The molecule has 3 aromatic rings. The maximum atomic E-state index is 5.42. The number of aromatic nitrogens is 1. The summed E-state index contributed by atoms with van der Waals surface area (Å²) < 4.78 is 5.42. The summed E-state index contributed by atoms with van der Waals surface area (Å²) in [5.74, 6) is 0. The Labute approximate surface area is 87.2 Å². The van der Waals surface area contributed by atoms with Crippen LogP contribution in [0.3, 0.4) is 0 Å². The van der Waals surface area contributed by atoms with E-state index in [0.717, 1.165) is 22.1 Å². The van der Waals surface area contributed by atoms with E-state index in [-0.39, 0.29) is 0 Å². The summed E-state index contributed by atoms with van der Waals surface area (Å²) >= 11 is 0. The summed E-state index contributed by atoms with van der Waals surface area (Å²) in [6.45, 7) is 0. The van der Waals surface area contributed by atoms with Crippen molar-refractivity contribution in [1.82, 2.24) is 4.98 Å². The van der Waals surface area contributed by atoms with Crippen molar-refractivity contribution >= 4 is 11.0 Å². The number of furan rings is 1. The summed E-state index contributed by atoms with van der Waals surface area (Å²) in [6.07, 6.45) is 5.18. The highest BCUT2D eigenvalue weighted by molar-refractivity contribution is 5.91. The number of para-hydroxylation sites is 1. The van der Waals surface area contributed by atoms with Gasteiger partial charge in [0.05, 0.1) is 6.26 Å². The maximum absolute atomic E-state index is 5.42. The van der Waals surface area contributed by atoms with E-state index in [4.69, 9.17) is 4.42 Å². The van der Waals surface area contributed by atoms with Crippen LogP contribution in [0, 0.1) is 6.07 Å². The van der Waals surface area contributed by atoms with E-state index >= 15 is 0 Å². The van der Waals surface area contributed by atoms with Crippen LogP contribution in [-0.2, 0) is 0 Å². The van der Waals surface area contributed by atoms with E-state index in [2.05, 4.69) is 11.1 Å². The molecule has 0 bridgehead atoms. The largest absolute Gasteiger partial charge is 0.463 e. The minimum absolute atomic E-state index is 0.866. The van der Waals surface area contributed by atoms with Gasteiger partial charge in [-0.25, -0.2) is 0 Å². The summed E-state index contributed by atoms with van der Waals surface area (Å²) in [4.78, 5) is 4.10. The summed E-state index contributed by atoms with van der Waals surface area (Å²) in [6, 6.07) is 13.0. The van der Waals surface area contributed by atoms with Gasteiger partial charge in [-0.15, -0.1) is 0 Å². The predicted molar refractivity (Wildman–Crippen MR) is 58.3 cm³/mol. The average Bonchev–Trinajstić information content (AvgIpc) is 2.78. The number of rotatable bonds is 1. The first-order valence-electron chi connectivity index (χ1n) is 4.73. The van der Waals surface area contributed by atoms with Gasteiger partial charge in [0.15, 0.2) is 0 Å². The molecule has 1 aromatic carbocycles. The van der Waals surface area contributed by atoms with Crippen LogP contribution in [0.1, 0.15) is 0 Å². The molecule has 0 unspecified atom stereocenters. The lowest BCUT2D eigenvalue weighted by Crippen LogP contribution is -1.79.